The number of hydrogen-bond donors (Lipinski definition) is 0. The van der Waals surface area contributed by atoms with E-state index in [2.05, 4.69) is 4.74 Å². The van der Waals surface area contributed by atoms with Gasteiger partial charge in [0.2, 0.25) is 0 Å². The van der Waals surface area contributed by atoms with Crippen molar-refractivity contribution in [1.82, 2.24) is 4.90 Å². The molecule has 0 spiro atoms. The van der Waals surface area contributed by atoms with Crippen molar-refractivity contribution in [3.63, 3.8) is 0 Å². The molecule has 7 nitrogen and oxygen atoms in total. The molecule has 140 valence electrons. The number of ether oxygens (including phenoxy) is 4. The van der Waals surface area contributed by atoms with Crippen LogP contribution < -0.4 is 14.2 Å². The number of methoxy groups -OCH3 is 4. The molecule has 0 N–H and O–H groups in total. The minimum absolute atomic E-state index is 0.130. The third-order valence-electron chi connectivity index (χ3n) is 3.62. The Kier molecular flexibility index (Phi) is 8.04. The standard InChI is InChI=1S/C18H27NO6/c1-12(2)11-19(8-7-17(20)25-6)18(21)13-9-15(23-4)16(24-5)10-14(13)22-3/h9-10,12H,7-8,11H2,1-6H3. The fourth-order valence-electron chi connectivity index (χ4n) is 2.41. The van der Waals surface area contributed by atoms with E-state index in [0.29, 0.717) is 29.4 Å². The average Bonchev–Trinajstić information content (AvgIpc) is 2.62. The van der Waals surface area contributed by atoms with Gasteiger partial charge in [-0.25, -0.2) is 0 Å². The molecule has 0 aliphatic heterocycles. The molecular formula is C18H27NO6. The van der Waals surface area contributed by atoms with Gasteiger partial charge in [0, 0.05) is 25.2 Å². The first-order valence-electron chi connectivity index (χ1n) is 8.04. The monoisotopic (exact) mass is 353 g/mol. The van der Waals surface area contributed by atoms with E-state index < -0.39 is 0 Å². The van der Waals surface area contributed by atoms with Crippen LogP contribution in [0.25, 0.3) is 0 Å². The van der Waals surface area contributed by atoms with E-state index in [-0.39, 0.29) is 30.8 Å². The summed E-state index contributed by atoms with van der Waals surface area (Å²) in [4.78, 5) is 26.1. The fraction of sp³-hybridized carbons (Fsp3) is 0.556. The number of esters is 1. The number of hydrogen-bond acceptors (Lipinski definition) is 6. The van der Waals surface area contributed by atoms with Gasteiger partial charge >= 0.3 is 5.97 Å². The molecule has 0 aliphatic rings. The summed E-state index contributed by atoms with van der Waals surface area (Å²) >= 11 is 0. The molecule has 0 unspecified atom stereocenters. The lowest BCUT2D eigenvalue weighted by molar-refractivity contribution is -0.140. The van der Waals surface area contributed by atoms with Gasteiger partial charge < -0.3 is 23.8 Å². The summed E-state index contributed by atoms with van der Waals surface area (Å²) in [6.45, 7) is 4.78. The Morgan fingerprint density at radius 2 is 1.52 bits per heavy atom. The molecular weight excluding hydrogens is 326 g/mol. The van der Waals surface area contributed by atoms with Gasteiger partial charge in [-0.2, -0.15) is 0 Å². The number of nitrogens with zero attached hydrogens (tertiary/aromatic N) is 1. The van der Waals surface area contributed by atoms with Crippen LogP contribution in [-0.4, -0.2) is 58.3 Å². The molecule has 0 saturated carbocycles. The molecule has 0 aliphatic carbocycles. The zero-order valence-corrected chi connectivity index (χ0v) is 15.8. The third kappa shape index (κ3) is 5.55. The van der Waals surface area contributed by atoms with E-state index >= 15 is 0 Å². The van der Waals surface area contributed by atoms with Crippen LogP contribution >= 0.6 is 0 Å². The smallest absolute Gasteiger partial charge is 0.307 e. The van der Waals surface area contributed by atoms with Crippen LogP contribution in [0.15, 0.2) is 12.1 Å². The number of carbonyl (C=O) groups excluding carboxylic acids is 2. The predicted octanol–water partition coefficient (Wildman–Crippen LogP) is 2.37. The lowest BCUT2D eigenvalue weighted by Crippen LogP contribution is -2.36. The van der Waals surface area contributed by atoms with Crippen molar-refractivity contribution in [3.8, 4) is 17.2 Å². The van der Waals surface area contributed by atoms with Gasteiger partial charge in [-0.1, -0.05) is 13.8 Å². The van der Waals surface area contributed by atoms with Crippen molar-refractivity contribution < 1.29 is 28.5 Å². The van der Waals surface area contributed by atoms with Gasteiger partial charge in [0.15, 0.2) is 11.5 Å². The van der Waals surface area contributed by atoms with E-state index in [4.69, 9.17) is 14.2 Å². The van der Waals surface area contributed by atoms with Crippen LogP contribution in [0.3, 0.4) is 0 Å². The zero-order valence-electron chi connectivity index (χ0n) is 15.8. The Morgan fingerprint density at radius 3 is 2.00 bits per heavy atom. The van der Waals surface area contributed by atoms with Crippen LogP contribution in [0.1, 0.15) is 30.6 Å². The van der Waals surface area contributed by atoms with Crippen molar-refractivity contribution in [2.75, 3.05) is 41.5 Å². The molecule has 1 rings (SSSR count). The second-order valence-electron chi connectivity index (χ2n) is 5.88. The topological polar surface area (TPSA) is 74.3 Å². The van der Waals surface area contributed by atoms with Gasteiger partial charge in [0.1, 0.15) is 5.75 Å². The molecule has 1 aromatic rings. The van der Waals surface area contributed by atoms with E-state index in [1.807, 2.05) is 13.8 Å². The second-order valence-corrected chi connectivity index (χ2v) is 5.88. The lowest BCUT2D eigenvalue weighted by atomic mass is 10.1. The minimum atomic E-state index is -0.360. The minimum Gasteiger partial charge on any atom is -0.496 e. The number of carbonyl (C=O) groups is 2. The molecule has 0 aromatic heterocycles. The Balaban J connectivity index is 3.19. The van der Waals surface area contributed by atoms with Crippen LogP contribution in [0, 0.1) is 5.92 Å². The highest BCUT2D eigenvalue weighted by molar-refractivity contribution is 5.98. The fourth-order valence-corrected chi connectivity index (χ4v) is 2.41. The molecule has 7 heteroatoms. The van der Waals surface area contributed by atoms with E-state index in [9.17, 15) is 9.59 Å². The SMILES string of the molecule is COC(=O)CCN(CC(C)C)C(=O)c1cc(OC)c(OC)cc1OC. The molecule has 25 heavy (non-hydrogen) atoms. The molecule has 0 radical (unpaired) electrons. The second kappa shape index (κ2) is 9.76. The summed E-state index contributed by atoms with van der Waals surface area (Å²) in [6.07, 6.45) is 0.130. The summed E-state index contributed by atoms with van der Waals surface area (Å²) in [7, 11) is 5.83. The summed E-state index contributed by atoms with van der Waals surface area (Å²) in [6, 6.07) is 3.20. The number of rotatable bonds is 9. The quantitative estimate of drug-likeness (QED) is 0.635. The van der Waals surface area contributed by atoms with Crippen molar-refractivity contribution >= 4 is 11.9 Å². The Bertz CT molecular complexity index is 599. The van der Waals surface area contributed by atoms with Gasteiger partial charge in [0.25, 0.3) is 5.91 Å². The van der Waals surface area contributed by atoms with Gasteiger partial charge in [0.05, 0.1) is 40.4 Å². The van der Waals surface area contributed by atoms with Crippen molar-refractivity contribution in [2.24, 2.45) is 5.92 Å². The van der Waals surface area contributed by atoms with Gasteiger partial charge in [-0.05, 0) is 5.92 Å². The maximum atomic E-state index is 13.0. The zero-order chi connectivity index (χ0) is 19.0. The maximum absolute atomic E-state index is 13.0. The van der Waals surface area contributed by atoms with Crippen molar-refractivity contribution in [2.45, 2.75) is 20.3 Å². The first-order valence-corrected chi connectivity index (χ1v) is 8.04. The van der Waals surface area contributed by atoms with Gasteiger partial charge in [-0.15, -0.1) is 0 Å². The third-order valence-corrected chi connectivity index (χ3v) is 3.62. The molecule has 0 saturated heterocycles. The lowest BCUT2D eigenvalue weighted by Gasteiger charge is -2.25. The Labute approximate surface area is 148 Å². The average molecular weight is 353 g/mol. The summed E-state index contributed by atoms with van der Waals surface area (Å²) in [5, 5.41) is 0. The van der Waals surface area contributed by atoms with E-state index in [0.717, 1.165) is 0 Å². The first kappa shape index (κ1) is 20.6. The number of benzene rings is 1. The van der Waals surface area contributed by atoms with Gasteiger partial charge in [-0.3, -0.25) is 9.59 Å². The molecule has 0 heterocycles. The summed E-state index contributed by atoms with van der Waals surface area (Å²) < 4.78 is 20.5. The highest BCUT2D eigenvalue weighted by Gasteiger charge is 2.24. The Morgan fingerprint density at radius 1 is 0.960 bits per heavy atom. The highest BCUT2D eigenvalue weighted by Crippen LogP contribution is 2.35. The Hall–Kier alpha value is -2.44. The maximum Gasteiger partial charge on any atom is 0.307 e. The first-order chi connectivity index (χ1) is 11.9. The van der Waals surface area contributed by atoms with Crippen molar-refractivity contribution in [3.05, 3.63) is 17.7 Å². The van der Waals surface area contributed by atoms with Crippen LogP contribution in [-0.2, 0) is 9.53 Å². The normalized spacial score (nSPS) is 10.4. The van der Waals surface area contributed by atoms with Crippen LogP contribution in [0.2, 0.25) is 0 Å². The highest BCUT2D eigenvalue weighted by atomic mass is 16.5. The van der Waals surface area contributed by atoms with Crippen LogP contribution in [0.5, 0.6) is 17.2 Å². The molecule has 0 atom stereocenters. The molecule has 1 aromatic carbocycles. The van der Waals surface area contributed by atoms with E-state index in [1.165, 1.54) is 28.4 Å². The predicted molar refractivity (Wildman–Crippen MR) is 93.5 cm³/mol. The van der Waals surface area contributed by atoms with Crippen LogP contribution in [0.4, 0.5) is 0 Å². The molecule has 0 fully saturated rings. The number of amides is 1. The summed E-state index contributed by atoms with van der Waals surface area (Å²) in [5.41, 5.74) is 0.352. The molecule has 1 amide bonds. The molecule has 0 bridgehead atoms. The summed E-state index contributed by atoms with van der Waals surface area (Å²) in [5.74, 6) is 0.934. The van der Waals surface area contributed by atoms with E-state index in [1.54, 1.807) is 17.0 Å². The van der Waals surface area contributed by atoms with Crippen molar-refractivity contribution in [1.29, 1.82) is 0 Å². The largest absolute Gasteiger partial charge is 0.496 e.